The molecular weight excluding hydrogens is 244 g/mol. The van der Waals surface area contributed by atoms with Crippen LogP contribution in [0.5, 0.6) is 5.75 Å². The van der Waals surface area contributed by atoms with E-state index < -0.39 is 11.3 Å². The molecule has 0 aliphatic rings. The van der Waals surface area contributed by atoms with E-state index in [4.69, 9.17) is 26.2 Å². The van der Waals surface area contributed by atoms with Crippen molar-refractivity contribution in [1.82, 2.24) is 0 Å². The van der Waals surface area contributed by atoms with Crippen molar-refractivity contribution in [3.63, 3.8) is 0 Å². The van der Waals surface area contributed by atoms with Gasteiger partial charge in [0.15, 0.2) is 5.38 Å². The van der Waals surface area contributed by atoms with Gasteiger partial charge in [-0.3, -0.25) is 4.79 Å². The molecule has 0 saturated carbocycles. The number of hydrogen-bond acceptors (Lipinski definition) is 3. The molecule has 1 atom stereocenters. The first-order valence-corrected chi connectivity index (χ1v) is 5.64. The monoisotopic (exact) mass is 258 g/mol. The lowest BCUT2D eigenvalue weighted by Crippen LogP contribution is -2.21. The molecule has 1 aromatic carbocycles. The van der Waals surface area contributed by atoms with Gasteiger partial charge >= 0.3 is 5.97 Å². The first-order chi connectivity index (χ1) is 8.13. The second-order valence-corrected chi connectivity index (χ2v) is 4.03. The Morgan fingerprint density at radius 3 is 2.59 bits per heavy atom. The number of halogens is 1. The van der Waals surface area contributed by atoms with E-state index in [1.54, 1.807) is 19.2 Å². The normalized spacial score (nSPS) is 12.1. The summed E-state index contributed by atoms with van der Waals surface area (Å²) in [4.78, 5) is 10.5. The average Bonchev–Trinajstić information content (AvgIpc) is 2.34. The summed E-state index contributed by atoms with van der Waals surface area (Å²) in [6, 6.07) is 7.41. The van der Waals surface area contributed by atoms with Crippen LogP contribution in [0.2, 0.25) is 0 Å². The lowest BCUT2D eigenvalue weighted by atomic mass is 10.1. The average molecular weight is 259 g/mol. The quantitative estimate of drug-likeness (QED) is 0.760. The van der Waals surface area contributed by atoms with Gasteiger partial charge in [-0.2, -0.15) is 0 Å². The first kappa shape index (κ1) is 13.8. The maximum atomic E-state index is 10.5. The number of benzene rings is 1. The van der Waals surface area contributed by atoms with Crippen LogP contribution in [-0.4, -0.2) is 36.8 Å². The van der Waals surface area contributed by atoms with Crippen LogP contribution in [0.4, 0.5) is 0 Å². The molecule has 0 aliphatic carbocycles. The highest BCUT2D eigenvalue weighted by Crippen LogP contribution is 2.13. The minimum atomic E-state index is -1.08. The number of hydrogen-bond donors (Lipinski definition) is 1. The SMILES string of the molecule is COCCc1ccc(OCC(Cl)C(=O)O)cc1. The Balaban J connectivity index is 2.42. The Hall–Kier alpha value is -1.26. The molecule has 0 aliphatic heterocycles. The summed E-state index contributed by atoms with van der Waals surface area (Å²) in [5, 5.41) is 7.55. The van der Waals surface area contributed by atoms with E-state index in [0.29, 0.717) is 12.4 Å². The van der Waals surface area contributed by atoms with Crippen molar-refractivity contribution in [1.29, 1.82) is 0 Å². The summed E-state index contributed by atoms with van der Waals surface area (Å²) in [5.74, 6) is -0.471. The van der Waals surface area contributed by atoms with Crippen molar-refractivity contribution in [3.05, 3.63) is 29.8 Å². The van der Waals surface area contributed by atoms with Gasteiger partial charge in [0.2, 0.25) is 0 Å². The molecule has 1 aromatic rings. The summed E-state index contributed by atoms with van der Waals surface area (Å²) in [5.41, 5.74) is 1.14. The lowest BCUT2D eigenvalue weighted by molar-refractivity contribution is -0.137. The third-order valence-corrected chi connectivity index (χ3v) is 2.50. The van der Waals surface area contributed by atoms with Gasteiger partial charge in [-0.25, -0.2) is 0 Å². The number of rotatable bonds is 7. The molecule has 5 heteroatoms. The second kappa shape index (κ2) is 7.14. The van der Waals surface area contributed by atoms with Gasteiger partial charge in [0.05, 0.1) is 6.61 Å². The Kier molecular flexibility index (Phi) is 5.80. The minimum Gasteiger partial charge on any atom is -0.491 e. The Bertz CT molecular complexity index is 350. The molecule has 1 N–H and O–H groups in total. The molecule has 0 fully saturated rings. The van der Waals surface area contributed by atoms with Gasteiger partial charge < -0.3 is 14.6 Å². The van der Waals surface area contributed by atoms with E-state index in [1.165, 1.54) is 0 Å². The van der Waals surface area contributed by atoms with Gasteiger partial charge in [0.1, 0.15) is 12.4 Å². The van der Waals surface area contributed by atoms with Crippen molar-refractivity contribution >= 4 is 17.6 Å². The standard InChI is InChI=1S/C12H15ClO4/c1-16-7-6-9-2-4-10(5-3-9)17-8-11(13)12(14)15/h2-5,11H,6-8H2,1H3,(H,14,15). The van der Waals surface area contributed by atoms with E-state index in [1.807, 2.05) is 12.1 Å². The molecule has 17 heavy (non-hydrogen) atoms. The Morgan fingerprint density at radius 1 is 1.41 bits per heavy atom. The smallest absolute Gasteiger partial charge is 0.325 e. The van der Waals surface area contributed by atoms with E-state index >= 15 is 0 Å². The van der Waals surface area contributed by atoms with Crippen LogP contribution in [-0.2, 0) is 16.0 Å². The number of alkyl halides is 1. The predicted molar refractivity (Wildman–Crippen MR) is 64.8 cm³/mol. The van der Waals surface area contributed by atoms with Gasteiger partial charge in [0, 0.05) is 7.11 Å². The van der Waals surface area contributed by atoms with Crippen molar-refractivity contribution in [3.8, 4) is 5.75 Å². The fourth-order valence-corrected chi connectivity index (χ4v) is 1.28. The van der Waals surface area contributed by atoms with E-state index in [-0.39, 0.29) is 6.61 Å². The molecule has 0 spiro atoms. The first-order valence-electron chi connectivity index (χ1n) is 5.21. The van der Waals surface area contributed by atoms with Crippen molar-refractivity contribution < 1.29 is 19.4 Å². The summed E-state index contributed by atoms with van der Waals surface area (Å²) in [6.07, 6.45) is 0.837. The van der Waals surface area contributed by atoms with Gasteiger partial charge in [0.25, 0.3) is 0 Å². The summed E-state index contributed by atoms with van der Waals surface area (Å²) in [6.45, 7) is 0.622. The summed E-state index contributed by atoms with van der Waals surface area (Å²) < 4.78 is 10.2. The van der Waals surface area contributed by atoms with Crippen LogP contribution >= 0.6 is 11.6 Å². The van der Waals surface area contributed by atoms with Gasteiger partial charge in [-0.05, 0) is 24.1 Å². The molecule has 94 valence electrons. The number of ether oxygens (including phenoxy) is 2. The van der Waals surface area contributed by atoms with Crippen LogP contribution in [0.25, 0.3) is 0 Å². The molecule has 0 radical (unpaired) electrons. The maximum absolute atomic E-state index is 10.5. The highest BCUT2D eigenvalue weighted by Gasteiger charge is 2.13. The minimum absolute atomic E-state index is 0.0473. The Labute approximate surface area is 105 Å². The van der Waals surface area contributed by atoms with Gasteiger partial charge in [-0.1, -0.05) is 12.1 Å². The predicted octanol–water partition coefficient (Wildman–Crippen LogP) is 1.95. The number of aliphatic carboxylic acids is 1. The van der Waals surface area contributed by atoms with Crippen molar-refractivity contribution in [2.24, 2.45) is 0 Å². The fraction of sp³-hybridized carbons (Fsp3) is 0.417. The second-order valence-electron chi connectivity index (χ2n) is 3.50. The number of carboxylic acids is 1. The number of carboxylic acid groups (broad SMARTS) is 1. The topological polar surface area (TPSA) is 55.8 Å². The van der Waals surface area contributed by atoms with Crippen LogP contribution < -0.4 is 4.74 Å². The van der Waals surface area contributed by atoms with Crippen LogP contribution in [0.1, 0.15) is 5.56 Å². The number of methoxy groups -OCH3 is 1. The summed E-state index contributed by atoms with van der Waals surface area (Å²) >= 11 is 5.52. The molecule has 0 heterocycles. The highest BCUT2D eigenvalue weighted by molar-refractivity contribution is 6.29. The zero-order valence-corrected chi connectivity index (χ0v) is 10.3. The lowest BCUT2D eigenvalue weighted by Gasteiger charge is -2.08. The summed E-state index contributed by atoms with van der Waals surface area (Å²) in [7, 11) is 1.66. The van der Waals surface area contributed by atoms with Crippen molar-refractivity contribution in [2.45, 2.75) is 11.8 Å². The molecule has 1 unspecified atom stereocenters. The highest BCUT2D eigenvalue weighted by atomic mass is 35.5. The molecule has 0 amide bonds. The van der Waals surface area contributed by atoms with Crippen LogP contribution in [0.3, 0.4) is 0 Å². The molecule has 4 nitrogen and oxygen atoms in total. The van der Waals surface area contributed by atoms with E-state index in [2.05, 4.69) is 0 Å². The van der Waals surface area contributed by atoms with Crippen LogP contribution in [0, 0.1) is 0 Å². The number of carbonyl (C=O) groups is 1. The Morgan fingerprint density at radius 2 is 2.06 bits per heavy atom. The van der Waals surface area contributed by atoms with Crippen molar-refractivity contribution in [2.75, 3.05) is 20.3 Å². The third-order valence-electron chi connectivity index (χ3n) is 2.18. The van der Waals surface area contributed by atoms with Crippen LogP contribution in [0.15, 0.2) is 24.3 Å². The van der Waals surface area contributed by atoms with Gasteiger partial charge in [-0.15, -0.1) is 11.6 Å². The molecule has 0 aromatic heterocycles. The molecule has 0 saturated heterocycles. The fourth-order valence-electron chi connectivity index (χ4n) is 1.21. The van der Waals surface area contributed by atoms with E-state index in [9.17, 15) is 4.79 Å². The third kappa shape index (κ3) is 5.06. The largest absolute Gasteiger partial charge is 0.491 e. The molecule has 0 bridgehead atoms. The molecular formula is C12H15ClO4. The molecule has 1 rings (SSSR count). The van der Waals surface area contributed by atoms with E-state index in [0.717, 1.165) is 12.0 Å². The zero-order valence-electron chi connectivity index (χ0n) is 9.56. The maximum Gasteiger partial charge on any atom is 0.325 e. The zero-order chi connectivity index (χ0) is 12.7.